The molecule has 1 aliphatic carbocycles. The normalized spacial score (nSPS) is 18.6. The van der Waals surface area contributed by atoms with Gasteiger partial charge < -0.3 is 0 Å². The van der Waals surface area contributed by atoms with Gasteiger partial charge in [-0.05, 0) is 88.8 Å². The van der Waals surface area contributed by atoms with E-state index in [2.05, 4.69) is 117 Å². The maximum Gasteiger partial charge on any atom is -0.00255 e. The highest BCUT2D eigenvalue weighted by atomic mass is 14.2. The van der Waals surface area contributed by atoms with Crippen LogP contribution in [0.3, 0.4) is 0 Å². The molecule has 0 heteroatoms. The van der Waals surface area contributed by atoms with E-state index in [0.717, 1.165) is 24.7 Å². The van der Waals surface area contributed by atoms with E-state index in [0.29, 0.717) is 5.92 Å². The van der Waals surface area contributed by atoms with Crippen LogP contribution in [0.5, 0.6) is 0 Å². The van der Waals surface area contributed by atoms with Crippen molar-refractivity contribution in [1.29, 1.82) is 0 Å². The van der Waals surface area contributed by atoms with E-state index in [-0.39, 0.29) is 0 Å². The zero-order valence-electron chi connectivity index (χ0n) is 22.0. The summed E-state index contributed by atoms with van der Waals surface area (Å²) in [6.07, 6.45) is 8.96. The van der Waals surface area contributed by atoms with Gasteiger partial charge in [-0.25, -0.2) is 0 Å². The molecule has 1 aliphatic rings. The van der Waals surface area contributed by atoms with Gasteiger partial charge in [0.15, 0.2) is 0 Å². The minimum absolute atomic E-state index is 0.520. The molecule has 1 fully saturated rings. The summed E-state index contributed by atoms with van der Waals surface area (Å²) >= 11 is 0. The summed E-state index contributed by atoms with van der Waals surface area (Å²) in [7, 11) is 0. The zero-order valence-corrected chi connectivity index (χ0v) is 22.0. The molecule has 0 heterocycles. The summed E-state index contributed by atoms with van der Waals surface area (Å²) in [6.45, 7) is 4.78. The predicted molar refractivity (Wildman–Crippen MR) is 155 cm³/mol. The van der Waals surface area contributed by atoms with Crippen LogP contribution in [0.2, 0.25) is 0 Å². The van der Waals surface area contributed by atoms with E-state index in [1.54, 1.807) is 0 Å². The maximum atomic E-state index is 2.41. The van der Waals surface area contributed by atoms with Gasteiger partial charge in [-0.2, -0.15) is 0 Å². The second-order valence-corrected chi connectivity index (χ2v) is 11.2. The smallest absolute Gasteiger partial charge is 0.00255 e. The van der Waals surface area contributed by atoms with Crippen LogP contribution < -0.4 is 0 Å². The van der Waals surface area contributed by atoms with Crippen molar-refractivity contribution in [1.82, 2.24) is 0 Å². The van der Waals surface area contributed by atoms with Gasteiger partial charge in [-0.1, -0.05) is 130 Å². The van der Waals surface area contributed by atoms with Gasteiger partial charge in [0.1, 0.15) is 0 Å². The molecule has 1 atom stereocenters. The lowest BCUT2D eigenvalue weighted by Crippen LogP contribution is -2.14. The maximum absolute atomic E-state index is 2.41. The summed E-state index contributed by atoms with van der Waals surface area (Å²) < 4.78 is 0. The fraction of sp³-hybridized carbons (Fsp3) is 0.333. The highest BCUT2D eigenvalue weighted by Gasteiger charge is 2.18. The highest BCUT2D eigenvalue weighted by molar-refractivity contribution is 5.64. The summed E-state index contributed by atoms with van der Waals surface area (Å²) in [6, 6.07) is 38.4. The molecule has 0 amide bonds. The average molecular weight is 473 g/mol. The standard InChI is InChI=1S/C36H40/c1-27-14-16-29(17-15-27)23-30-18-20-34(21-19-30)28(2)22-31-8-6-9-32(24-31)25-33-10-7-13-36(26-33)35-11-4-3-5-12-35/h3-13,18-21,24,26-29H,14-17,22-23,25H2,1-2H3. The number of benzene rings is 4. The van der Waals surface area contributed by atoms with E-state index in [4.69, 9.17) is 0 Å². The first-order valence-electron chi connectivity index (χ1n) is 13.9. The van der Waals surface area contributed by atoms with Crippen molar-refractivity contribution in [3.05, 3.63) is 131 Å². The Morgan fingerprint density at radius 1 is 0.611 bits per heavy atom. The van der Waals surface area contributed by atoms with Crippen LogP contribution in [-0.4, -0.2) is 0 Å². The van der Waals surface area contributed by atoms with E-state index in [1.807, 2.05) is 0 Å². The fourth-order valence-corrected chi connectivity index (χ4v) is 5.91. The highest BCUT2D eigenvalue weighted by Crippen LogP contribution is 2.31. The van der Waals surface area contributed by atoms with Crippen molar-refractivity contribution in [3.8, 4) is 11.1 Å². The Labute approximate surface area is 218 Å². The largest absolute Gasteiger partial charge is 0.0625 e. The molecule has 1 unspecified atom stereocenters. The number of rotatable bonds is 8. The molecule has 36 heavy (non-hydrogen) atoms. The second-order valence-electron chi connectivity index (χ2n) is 11.2. The number of hydrogen-bond donors (Lipinski definition) is 0. The molecule has 0 aromatic heterocycles. The first kappa shape index (κ1) is 24.6. The molecule has 0 aliphatic heterocycles. The third-order valence-corrected chi connectivity index (χ3v) is 8.18. The monoisotopic (exact) mass is 472 g/mol. The van der Waals surface area contributed by atoms with E-state index in [9.17, 15) is 0 Å². The van der Waals surface area contributed by atoms with Crippen LogP contribution in [0.4, 0.5) is 0 Å². The molecule has 0 nitrogen and oxygen atoms in total. The van der Waals surface area contributed by atoms with Gasteiger partial charge in [0.05, 0.1) is 0 Å². The van der Waals surface area contributed by atoms with Crippen molar-refractivity contribution in [2.75, 3.05) is 0 Å². The molecule has 0 N–H and O–H groups in total. The molecular weight excluding hydrogens is 432 g/mol. The minimum Gasteiger partial charge on any atom is -0.0625 e. The van der Waals surface area contributed by atoms with Crippen LogP contribution >= 0.6 is 0 Å². The lowest BCUT2D eigenvalue weighted by Gasteiger charge is -2.26. The van der Waals surface area contributed by atoms with Crippen LogP contribution in [-0.2, 0) is 19.3 Å². The molecule has 0 bridgehead atoms. The van der Waals surface area contributed by atoms with Crippen molar-refractivity contribution < 1.29 is 0 Å². The molecule has 1 saturated carbocycles. The van der Waals surface area contributed by atoms with Gasteiger partial charge in [-0.15, -0.1) is 0 Å². The molecule has 0 spiro atoms. The van der Waals surface area contributed by atoms with Crippen LogP contribution in [0.25, 0.3) is 11.1 Å². The molecule has 0 saturated heterocycles. The van der Waals surface area contributed by atoms with Crippen molar-refractivity contribution in [3.63, 3.8) is 0 Å². The van der Waals surface area contributed by atoms with Gasteiger partial charge in [0.25, 0.3) is 0 Å². The summed E-state index contributed by atoms with van der Waals surface area (Å²) in [4.78, 5) is 0. The fourth-order valence-electron chi connectivity index (χ4n) is 5.91. The SMILES string of the molecule is CC1CCC(Cc2ccc(C(C)Cc3cccc(Cc4cccc(-c5ccccc5)c4)c3)cc2)CC1. The van der Waals surface area contributed by atoms with Gasteiger partial charge in [0, 0.05) is 0 Å². The lowest BCUT2D eigenvalue weighted by molar-refractivity contribution is 0.289. The predicted octanol–water partition coefficient (Wildman–Crippen LogP) is 9.66. The van der Waals surface area contributed by atoms with E-state index < -0.39 is 0 Å². The third-order valence-electron chi connectivity index (χ3n) is 8.18. The Morgan fingerprint density at radius 3 is 2.00 bits per heavy atom. The average Bonchev–Trinajstić information content (AvgIpc) is 2.91. The van der Waals surface area contributed by atoms with E-state index in [1.165, 1.54) is 71.0 Å². The Kier molecular flexibility index (Phi) is 8.01. The Balaban J connectivity index is 1.20. The third kappa shape index (κ3) is 6.55. The quantitative estimate of drug-likeness (QED) is 0.239. The van der Waals surface area contributed by atoms with Crippen molar-refractivity contribution in [2.24, 2.45) is 11.8 Å². The number of hydrogen-bond acceptors (Lipinski definition) is 0. The summed E-state index contributed by atoms with van der Waals surface area (Å²) in [5.74, 6) is 2.34. The molecule has 0 radical (unpaired) electrons. The van der Waals surface area contributed by atoms with Gasteiger partial charge >= 0.3 is 0 Å². The van der Waals surface area contributed by atoms with E-state index >= 15 is 0 Å². The van der Waals surface area contributed by atoms with Crippen LogP contribution in [0, 0.1) is 11.8 Å². The Morgan fingerprint density at radius 2 is 1.25 bits per heavy atom. The minimum atomic E-state index is 0.520. The molecule has 4 aromatic rings. The van der Waals surface area contributed by atoms with Gasteiger partial charge in [0.2, 0.25) is 0 Å². The summed E-state index contributed by atoms with van der Waals surface area (Å²) in [5, 5.41) is 0. The second kappa shape index (κ2) is 11.7. The Hall–Kier alpha value is -3.12. The van der Waals surface area contributed by atoms with Gasteiger partial charge in [-0.3, -0.25) is 0 Å². The van der Waals surface area contributed by atoms with Crippen molar-refractivity contribution in [2.45, 2.75) is 64.7 Å². The molecular formula is C36H40. The molecule has 184 valence electrons. The lowest BCUT2D eigenvalue weighted by atomic mass is 9.80. The first-order valence-corrected chi connectivity index (χ1v) is 13.9. The Bertz CT molecular complexity index is 1230. The zero-order chi connectivity index (χ0) is 24.7. The molecule has 4 aromatic carbocycles. The van der Waals surface area contributed by atoms with Crippen LogP contribution in [0.1, 0.15) is 73.3 Å². The summed E-state index contributed by atoms with van der Waals surface area (Å²) in [5.41, 5.74) is 9.73. The first-order chi connectivity index (χ1) is 17.6. The van der Waals surface area contributed by atoms with Crippen molar-refractivity contribution >= 4 is 0 Å². The van der Waals surface area contributed by atoms with Crippen LogP contribution in [0.15, 0.2) is 103 Å². The topological polar surface area (TPSA) is 0 Å². The molecule has 5 rings (SSSR count).